The number of halogens is 4. The van der Waals surface area contributed by atoms with Gasteiger partial charge in [-0.05, 0) is 32.0 Å². The first-order valence-electron chi connectivity index (χ1n) is 10.8. The van der Waals surface area contributed by atoms with E-state index in [1.54, 1.807) is 50.3 Å². The predicted octanol–water partition coefficient (Wildman–Crippen LogP) is 6.23. The van der Waals surface area contributed by atoms with Gasteiger partial charge in [0.2, 0.25) is 0 Å². The molecule has 3 aromatic rings. The zero-order chi connectivity index (χ0) is 25.5. The minimum Gasteiger partial charge on any atom is -0.493 e. The molecule has 35 heavy (non-hydrogen) atoms. The summed E-state index contributed by atoms with van der Waals surface area (Å²) in [6, 6.07) is 5.65. The molecule has 3 atom stereocenters. The van der Waals surface area contributed by atoms with E-state index in [0.717, 1.165) is 12.3 Å². The number of alkyl halides is 3. The third kappa shape index (κ3) is 4.77. The molecule has 6 nitrogen and oxygen atoms in total. The lowest BCUT2D eigenvalue weighted by Crippen LogP contribution is -2.36. The normalized spacial score (nSPS) is 20.8. The highest BCUT2D eigenvalue weighted by molar-refractivity contribution is 6.31. The SMILES string of the molecule is Cc1nc2ccc(OCC3(C)C=CC=CC3C(=O)O)cc2n1C(C)c1ncc(C(F)(F)F)cc1Cl. The van der Waals surface area contributed by atoms with E-state index >= 15 is 0 Å². The third-order valence-electron chi connectivity index (χ3n) is 6.24. The Morgan fingerprint density at radius 3 is 2.71 bits per heavy atom. The maximum Gasteiger partial charge on any atom is 0.417 e. The minimum absolute atomic E-state index is 0.0919. The van der Waals surface area contributed by atoms with E-state index in [9.17, 15) is 23.1 Å². The van der Waals surface area contributed by atoms with Gasteiger partial charge in [-0.15, -0.1) is 0 Å². The summed E-state index contributed by atoms with van der Waals surface area (Å²) in [6.07, 6.45) is 3.19. The number of ether oxygens (including phenoxy) is 1. The molecule has 0 aliphatic heterocycles. The highest BCUT2D eigenvalue weighted by Crippen LogP contribution is 2.37. The summed E-state index contributed by atoms with van der Waals surface area (Å²) in [7, 11) is 0. The largest absolute Gasteiger partial charge is 0.493 e. The van der Waals surface area contributed by atoms with Gasteiger partial charge in [-0.2, -0.15) is 13.2 Å². The second-order valence-corrected chi connectivity index (χ2v) is 9.21. The maximum absolute atomic E-state index is 13.0. The van der Waals surface area contributed by atoms with Crippen LogP contribution in [0.25, 0.3) is 11.0 Å². The quantitative estimate of drug-likeness (QED) is 0.429. The minimum atomic E-state index is -4.54. The molecule has 1 N–H and O–H groups in total. The molecule has 1 aliphatic rings. The van der Waals surface area contributed by atoms with E-state index in [1.807, 2.05) is 17.6 Å². The van der Waals surface area contributed by atoms with Crippen molar-refractivity contribution in [3.63, 3.8) is 0 Å². The van der Waals surface area contributed by atoms with Gasteiger partial charge in [-0.1, -0.05) is 42.8 Å². The molecule has 0 saturated carbocycles. The smallest absolute Gasteiger partial charge is 0.417 e. The molecule has 0 amide bonds. The van der Waals surface area contributed by atoms with Crippen molar-refractivity contribution in [3.05, 3.63) is 76.9 Å². The zero-order valence-electron chi connectivity index (χ0n) is 19.2. The summed E-state index contributed by atoms with van der Waals surface area (Å²) < 4.78 is 46.9. The van der Waals surface area contributed by atoms with Crippen LogP contribution in [0.3, 0.4) is 0 Å². The number of benzene rings is 1. The summed E-state index contributed by atoms with van der Waals surface area (Å²) in [5, 5.41) is 9.48. The number of allylic oxidation sites excluding steroid dienone is 2. The van der Waals surface area contributed by atoms with Crippen molar-refractivity contribution in [2.75, 3.05) is 6.61 Å². The van der Waals surface area contributed by atoms with Crippen LogP contribution in [0, 0.1) is 18.3 Å². The Bertz CT molecular complexity index is 1350. The standard InChI is InChI=1S/C25H23ClF3N3O3/c1-14(22-19(26)10-16(12-30-22)25(27,28)29)32-15(2)31-20-8-7-17(11-21(20)32)35-13-24(3)9-5-4-6-18(24)23(33)34/h4-12,14,18H,13H2,1-3H3,(H,33,34). The average Bonchev–Trinajstić information content (AvgIpc) is 3.11. The van der Waals surface area contributed by atoms with Crippen LogP contribution in [-0.4, -0.2) is 32.2 Å². The zero-order valence-corrected chi connectivity index (χ0v) is 19.9. The lowest BCUT2D eigenvalue weighted by Gasteiger charge is -2.32. The topological polar surface area (TPSA) is 77.2 Å². The first-order chi connectivity index (χ1) is 16.4. The van der Waals surface area contributed by atoms with Gasteiger partial charge in [0.25, 0.3) is 0 Å². The molecule has 1 aliphatic carbocycles. The number of carboxylic acids is 1. The second-order valence-electron chi connectivity index (χ2n) is 8.80. The fourth-order valence-corrected chi connectivity index (χ4v) is 4.64. The Morgan fingerprint density at radius 1 is 1.31 bits per heavy atom. The van der Waals surface area contributed by atoms with Gasteiger partial charge in [-0.3, -0.25) is 9.78 Å². The number of hydrogen-bond donors (Lipinski definition) is 1. The summed E-state index contributed by atoms with van der Waals surface area (Å²) >= 11 is 6.19. The molecule has 0 fully saturated rings. The average molecular weight is 506 g/mol. The number of carbonyl (C=O) groups is 1. The molecule has 0 radical (unpaired) electrons. The first-order valence-corrected chi connectivity index (χ1v) is 11.2. The molecule has 0 bridgehead atoms. The van der Waals surface area contributed by atoms with Crippen molar-refractivity contribution in [2.24, 2.45) is 11.3 Å². The molecule has 0 saturated heterocycles. The summed E-state index contributed by atoms with van der Waals surface area (Å²) in [5.74, 6) is -0.529. The molecule has 0 spiro atoms. The van der Waals surface area contributed by atoms with Crippen molar-refractivity contribution in [1.29, 1.82) is 0 Å². The molecular weight excluding hydrogens is 483 g/mol. The highest BCUT2D eigenvalue weighted by atomic mass is 35.5. The van der Waals surface area contributed by atoms with E-state index < -0.39 is 35.1 Å². The Kier molecular flexibility index (Phi) is 6.40. The molecule has 1 aromatic carbocycles. The fraction of sp³-hybridized carbons (Fsp3) is 0.320. The number of aliphatic carboxylic acids is 1. The van der Waals surface area contributed by atoms with Crippen molar-refractivity contribution in [1.82, 2.24) is 14.5 Å². The predicted molar refractivity (Wildman–Crippen MR) is 126 cm³/mol. The van der Waals surface area contributed by atoms with Crippen LogP contribution in [-0.2, 0) is 11.0 Å². The molecular formula is C25H23ClF3N3O3. The van der Waals surface area contributed by atoms with Gasteiger partial charge in [0.15, 0.2) is 0 Å². The van der Waals surface area contributed by atoms with Crippen molar-refractivity contribution in [2.45, 2.75) is 33.0 Å². The van der Waals surface area contributed by atoms with E-state index in [4.69, 9.17) is 16.3 Å². The first kappa shape index (κ1) is 24.8. The van der Waals surface area contributed by atoms with Crippen LogP contribution in [0.1, 0.15) is 37.0 Å². The number of fused-ring (bicyclic) bond motifs is 1. The lowest BCUT2D eigenvalue weighted by molar-refractivity contribution is -0.143. The molecule has 184 valence electrons. The monoisotopic (exact) mass is 505 g/mol. The Morgan fingerprint density at radius 2 is 2.06 bits per heavy atom. The van der Waals surface area contributed by atoms with Gasteiger partial charge in [0.05, 0.1) is 45.9 Å². The van der Waals surface area contributed by atoms with Crippen LogP contribution in [0.4, 0.5) is 13.2 Å². The fourth-order valence-electron chi connectivity index (χ4n) is 4.32. The van der Waals surface area contributed by atoms with Crippen LogP contribution in [0.5, 0.6) is 5.75 Å². The number of pyridine rings is 1. The van der Waals surface area contributed by atoms with Crippen molar-refractivity contribution >= 4 is 28.6 Å². The molecule has 3 unspecified atom stereocenters. The van der Waals surface area contributed by atoms with Crippen LogP contribution in [0.15, 0.2) is 54.8 Å². The van der Waals surface area contributed by atoms with Gasteiger partial charge < -0.3 is 14.4 Å². The number of carboxylic acid groups (broad SMARTS) is 1. The number of imidazole rings is 1. The van der Waals surface area contributed by atoms with Gasteiger partial charge in [0, 0.05) is 17.7 Å². The third-order valence-corrected chi connectivity index (χ3v) is 6.54. The molecule has 2 aromatic heterocycles. The van der Waals surface area contributed by atoms with E-state index in [2.05, 4.69) is 9.97 Å². The number of aromatic nitrogens is 3. The van der Waals surface area contributed by atoms with E-state index in [1.165, 1.54) is 0 Å². The van der Waals surface area contributed by atoms with Crippen LogP contribution >= 0.6 is 11.6 Å². The summed E-state index contributed by atoms with van der Waals surface area (Å²) in [5.41, 5.74) is -0.0222. The number of rotatable bonds is 6. The second kappa shape index (κ2) is 9.03. The summed E-state index contributed by atoms with van der Waals surface area (Å²) in [4.78, 5) is 20.2. The number of aryl methyl sites for hydroxylation is 1. The van der Waals surface area contributed by atoms with E-state index in [-0.39, 0.29) is 17.3 Å². The van der Waals surface area contributed by atoms with Crippen LogP contribution in [0.2, 0.25) is 5.02 Å². The van der Waals surface area contributed by atoms with Crippen LogP contribution < -0.4 is 4.74 Å². The van der Waals surface area contributed by atoms with Gasteiger partial charge >= 0.3 is 12.1 Å². The van der Waals surface area contributed by atoms with Gasteiger partial charge in [-0.25, -0.2) is 4.98 Å². The number of nitrogens with zero attached hydrogens (tertiary/aromatic N) is 3. The summed E-state index contributed by atoms with van der Waals surface area (Å²) in [6.45, 7) is 5.51. The van der Waals surface area contributed by atoms with Crippen molar-refractivity contribution < 1.29 is 27.8 Å². The molecule has 4 rings (SSSR count). The number of hydrogen-bond acceptors (Lipinski definition) is 4. The Labute approximate surface area is 204 Å². The molecule has 10 heteroatoms. The maximum atomic E-state index is 13.0. The van der Waals surface area contributed by atoms with Crippen molar-refractivity contribution in [3.8, 4) is 5.75 Å². The molecule has 2 heterocycles. The lowest BCUT2D eigenvalue weighted by atomic mass is 9.75. The highest BCUT2D eigenvalue weighted by Gasteiger charge is 2.37. The van der Waals surface area contributed by atoms with Gasteiger partial charge in [0.1, 0.15) is 11.6 Å². The Balaban J connectivity index is 1.65. The van der Waals surface area contributed by atoms with E-state index in [0.29, 0.717) is 22.6 Å². The Hall–Kier alpha value is -3.33.